The van der Waals surface area contributed by atoms with Crippen LogP contribution in [0.25, 0.3) is 0 Å². The zero-order valence-corrected chi connectivity index (χ0v) is 11.5. The van der Waals surface area contributed by atoms with E-state index in [1.807, 2.05) is 6.92 Å². The van der Waals surface area contributed by atoms with Gasteiger partial charge in [-0.15, -0.1) is 0 Å². The van der Waals surface area contributed by atoms with E-state index in [1.165, 1.54) is 18.4 Å². The number of halogens is 1. The van der Waals surface area contributed by atoms with Crippen molar-refractivity contribution in [3.05, 3.63) is 53.2 Å². The molecule has 0 radical (unpaired) electrons. The Balaban J connectivity index is 2.05. The van der Waals surface area contributed by atoms with E-state index in [4.69, 9.17) is 4.42 Å². The number of fused-ring (bicyclic) bond motifs is 1. The van der Waals surface area contributed by atoms with Gasteiger partial charge in [0.15, 0.2) is 0 Å². The van der Waals surface area contributed by atoms with Crippen molar-refractivity contribution < 1.29 is 13.6 Å². The molecule has 4 heteroatoms. The fraction of sp³-hybridized carbons (Fsp3) is 0.312. The number of benzene rings is 1. The second-order valence-corrected chi connectivity index (χ2v) is 5.23. The highest BCUT2D eigenvalue weighted by atomic mass is 19.1. The molecule has 2 aromatic rings. The van der Waals surface area contributed by atoms with E-state index in [-0.39, 0.29) is 17.8 Å². The van der Waals surface area contributed by atoms with Crippen LogP contribution >= 0.6 is 0 Å². The van der Waals surface area contributed by atoms with Crippen molar-refractivity contribution in [1.29, 1.82) is 0 Å². The Morgan fingerprint density at radius 3 is 2.90 bits per heavy atom. The molecular formula is C16H16FNO2. The number of hydrogen-bond acceptors (Lipinski definition) is 2. The fourth-order valence-corrected chi connectivity index (χ4v) is 2.77. The molecule has 3 rings (SSSR count). The van der Waals surface area contributed by atoms with E-state index >= 15 is 0 Å². The first kappa shape index (κ1) is 12.9. The van der Waals surface area contributed by atoms with Crippen LogP contribution in [0.15, 0.2) is 34.9 Å². The lowest BCUT2D eigenvalue weighted by Crippen LogP contribution is -2.42. The summed E-state index contributed by atoms with van der Waals surface area (Å²) in [5.41, 5.74) is 2.25. The van der Waals surface area contributed by atoms with E-state index in [1.54, 1.807) is 24.0 Å². The maximum absolute atomic E-state index is 13.3. The highest BCUT2D eigenvalue weighted by Gasteiger charge is 2.30. The molecule has 0 N–H and O–H groups in total. The highest BCUT2D eigenvalue weighted by Crippen LogP contribution is 2.33. The standard InChI is InChI=1S/C16H16FNO2/c1-10-3-4-12-9-13(17)5-6-15(12)18(10)16(19)14-7-8-20-11(14)2/h5-10H,3-4H2,1-2H3/t10-/m1/s1. The molecule has 0 aliphatic carbocycles. The molecule has 1 aromatic heterocycles. The smallest absolute Gasteiger partial charge is 0.262 e. The van der Waals surface area contributed by atoms with Gasteiger partial charge in [-0.2, -0.15) is 0 Å². The Bertz CT molecular complexity index is 662. The first-order valence-electron chi connectivity index (χ1n) is 6.74. The zero-order valence-electron chi connectivity index (χ0n) is 11.5. The Hall–Kier alpha value is -2.10. The van der Waals surface area contributed by atoms with Gasteiger partial charge < -0.3 is 9.32 Å². The fourth-order valence-electron chi connectivity index (χ4n) is 2.77. The minimum absolute atomic E-state index is 0.0868. The molecule has 1 aliphatic rings. The van der Waals surface area contributed by atoms with Crippen LogP contribution in [0.4, 0.5) is 10.1 Å². The Kier molecular flexibility index (Phi) is 3.08. The molecular weight excluding hydrogens is 257 g/mol. The van der Waals surface area contributed by atoms with Gasteiger partial charge >= 0.3 is 0 Å². The van der Waals surface area contributed by atoms with Crippen molar-refractivity contribution >= 4 is 11.6 Å². The van der Waals surface area contributed by atoms with E-state index in [0.717, 1.165) is 24.1 Å². The minimum Gasteiger partial charge on any atom is -0.469 e. The van der Waals surface area contributed by atoms with Crippen LogP contribution in [-0.4, -0.2) is 11.9 Å². The number of hydrogen-bond donors (Lipinski definition) is 0. The molecule has 0 unspecified atom stereocenters. The first-order valence-corrected chi connectivity index (χ1v) is 6.74. The van der Waals surface area contributed by atoms with Crippen LogP contribution in [0.3, 0.4) is 0 Å². The normalized spacial score (nSPS) is 17.9. The number of carbonyl (C=O) groups is 1. The third-order valence-electron chi connectivity index (χ3n) is 3.88. The van der Waals surface area contributed by atoms with Crippen molar-refractivity contribution in [3.8, 4) is 0 Å². The predicted molar refractivity (Wildman–Crippen MR) is 74.4 cm³/mol. The van der Waals surface area contributed by atoms with E-state index in [0.29, 0.717) is 11.3 Å². The van der Waals surface area contributed by atoms with E-state index in [9.17, 15) is 9.18 Å². The largest absolute Gasteiger partial charge is 0.469 e. The van der Waals surface area contributed by atoms with Gasteiger partial charge in [0.25, 0.3) is 5.91 Å². The lowest BCUT2D eigenvalue weighted by molar-refractivity contribution is 0.0973. The number of aryl methyl sites for hydroxylation is 2. The van der Waals surface area contributed by atoms with Gasteiger partial charge in [0, 0.05) is 11.7 Å². The minimum atomic E-state index is -0.259. The van der Waals surface area contributed by atoms with Crippen molar-refractivity contribution in [2.24, 2.45) is 0 Å². The molecule has 0 saturated heterocycles. The third kappa shape index (κ3) is 2.01. The Morgan fingerprint density at radius 1 is 1.40 bits per heavy atom. The van der Waals surface area contributed by atoms with Crippen molar-refractivity contribution in [1.82, 2.24) is 0 Å². The van der Waals surface area contributed by atoms with Crippen molar-refractivity contribution in [2.45, 2.75) is 32.7 Å². The lowest BCUT2D eigenvalue weighted by Gasteiger charge is -2.35. The molecule has 1 atom stereocenters. The molecule has 1 aromatic carbocycles. The summed E-state index contributed by atoms with van der Waals surface area (Å²) in [6, 6.07) is 6.38. The summed E-state index contributed by atoms with van der Waals surface area (Å²) in [6.45, 7) is 3.78. The third-order valence-corrected chi connectivity index (χ3v) is 3.88. The first-order chi connectivity index (χ1) is 9.58. The number of nitrogens with zero attached hydrogens (tertiary/aromatic N) is 1. The molecule has 1 amide bonds. The van der Waals surface area contributed by atoms with Gasteiger partial charge in [0.05, 0.1) is 11.8 Å². The SMILES string of the molecule is Cc1occc1C(=O)N1c2ccc(F)cc2CC[C@H]1C. The maximum Gasteiger partial charge on any atom is 0.262 e. The molecule has 0 spiro atoms. The quantitative estimate of drug-likeness (QED) is 0.793. The van der Waals surface area contributed by atoms with Crippen LogP contribution in [0.1, 0.15) is 35.0 Å². The van der Waals surface area contributed by atoms with Gasteiger partial charge in [-0.05, 0) is 56.5 Å². The molecule has 20 heavy (non-hydrogen) atoms. The van der Waals surface area contributed by atoms with Gasteiger partial charge in [-0.3, -0.25) is 4.79 Å². The molecule has 3 nitrogen and oxygen atoms in total. The molecule has 2 heterocycles. The van der Waals surface area contributed by atoms with Crippen molar-refractivity contribution in [2.75, 3.05) is 4.90 Å². The zero-order chi connectivity index (χ0) is 14.3. The average Bonchev–Trinajstić information content (AvgIpc) is 2.84. The summed E-state index contributed by atoms with van der Waals surface area (Å²) in [5.74, 6) is 0.262. The molecule has 0 bridgehead atoms. The summed E-state index contributed by atoms with van der Waals surface area (Å²) >= 11 is 0. The van der Waals surface area contributed by atoms with Crippen molar-refractivity contribution in [3.63, 3.8) is 0 Å². The average molecular weight is 273 g/mol. The van der Waals surface area contributed by atoms with Crippen LogP contribution in [-0.2, 0) is 6.42 Å². The van der Waals surface area contributed by atoms with Crippen LogP contribution in [0.5, 0.6) is 0 Å². The summed E-state index contributed by atoms with van der Waals surface area (Å²) < 4.78 is 18.6. The number of anilines is 1. The molecule has 0 fully saturated rings. The predicted octanol–water partition coefficient (Wildman–Crippen LogP) is 3.71. The van der Waals surface area contributed by atoms with Crippen LogP contribution < -0.4 is 4.90 Å². The highest BCUT2D eigenvalue weighted by molar-refractivity contribution is 6.07. The van der Waals surface area contributed by atoms with Gasteiger partial charge in [0.2, 0.25) is 0 Å². The van der Waals surface area contributed by atoms with Gasteiger partial charge in [0.1, 0.15) is 11.6 Å². The molecule has 104 valence electrons. The Labute approximate surface area is 117 Å². The topological polar surface area (TPSA) is 33.5 Å². The van der Waals surface area contributed by atoms with Crippen LogP contribution in [0.2, 0.25) is 0 Å². The molecule has 1 aliphatic heterocycles. The summed E-state index contributed by atoms with van der Waals surface area (Å²) in [6.07, 6.45) is 3.14. The Morgan fingerprint density at radius 2 is 2.20 bits per heavy atom. The summed E-state index contributed by atoms with van der Waals surface area (Å²) in [5, 5.41) is 0. The number of rotatable bonds is 1. The maximum atomic E-state index is 13.3. The lowest BCUT2D eigenvalue weighted by atomic mass is 9.95. The monoisotopic (exact) mass is 273 g/mol. The van der Waals surface area contributed by atoms with E-state index in [2.05, 4.69) is 0 Å². The van der Waals surface area contributed by atoms with E-state index < -0.39 is 0 Å². The molecule has 0 saturated carbocycles. The number of amides is 1. The second kappa shape index (κ2) is 4.78. The van der Waals surface area contributed by atoms with Gasteiger partial charge in [-0.25, -0.2) is 4.39 Å². The number of furan rings is 1. The number of carbonyl (C=O) groups excluding carboxylic acids is 1. The van der Waals surface area contributed by atoms with Crippen LogP contribution in [0, 0.1) is 12.7 Å². The second-order valence-electron chi connectivity index (χ2n) is 5.23. The summed E-state index contributed by atoms with van der Waals surface area (Å²) in [7, 11) is 0. The van der Waals surface area contributed by atoms with Gasteiger partial charge in [-0.1, -0.05) is 0 Å². The summed E-state index contributed by atoms with van der Waals surface area (Å²) in [4.78, 5) is 14.5.